The van der Waals surface area contributed by atoms with Crippen molar-refractivity contribution in [1.82, 2.24) is 4.31 Å². The van der Waals surface area contributed by atoms with Crippen molar-refractivity contribution in [2.75, 3.05) is 18.4 Å². The molecular formula is C21H23ClN2O3S. The Hall–Kier alpha value is -2.15. The predicted molar refractivity (Wildman–Crippen MR) is 113 cm³/mol. The Morgan fingerprint density at radius 3 is 2.14 bits per heavy atom. The maximum Gasteiger partial charge on any atom is 0.267 e. The molecule has 0 aliphatic carbocycles. The number of carbonyl (C=O) groups is 1. The maximum atomic E-state index is 12.8. The minimum absolute atomic E-state index is 0.0486. The molecule has 7 heteroatoms. The van der Waals surface area contributed by atoms with E-state index in [1.165, 1.54) is 12.1 Å². The summed E-state index contributed by atoms with van der Waals surface area (Å²) < 4.78 is 27.1. The van der Waals surface area contributed by atoms with Gasteiger partial charge in [-0.25, -0.2) is 8.42 Å². The molecule has 3 rings (SSSR count). The minimum atomic E-state index is -3.50. The summed E-state index contributed by atoms with van der Waals surface area (Å²) in [5.41, 5.74) is 1.31. The van der Waals surface area contributed by atoms with E-state index in [1.807, 2.05) is 30.3 Å². The smallest absolute Gasteiger partial charge is 0.267 e. The third-order valence-electron chi connectivity index (χ3n) is 4.62. The van der Waals surface area contributed by atoms with E-state index in [0.717, 1.165) is 31.2 Å². The van der Waals surface area contributed by atoms with Gasteiger partial charge in [-0.3, -0.25) is 4.79 Å². The summed E-state index contributed by atoms with van der Waals surface area (Å²) in [6.07, 6.45) is 5.48. The van der Waals surface area contributed by atoms with Gasteiger partial charge < -0.3 is 5.32 Å². The largest absolute Gasteiger partial charge is 0.321 e. The summed E-state index contributed by atoms with van der Waals surface area (Å²) in [5.74, 6) is -0.450. The van der Waals surface area contributed by atoms with Gasteiger partial charge >= 0.3 is 0 Å². The van der Waals surface area contributed by atoms with E-state index in [0.29, 0.717) is 18.8 Å². The van der Waals surface area contributed by atoms with Gasteiger partial charge in [-0.1, -0.05) is 54.8 Å². The number of nitrogens with zero attached hydrogens (tertiary/aromatic N) is 1. The van der Waals surface area contributed by atoms with Crippen LogP contribution in [-0.4, -0.2) is 31.7 Å². The number of sulfonamides is 1. The molecule has 1 saturated heterocycles. The molecule has 1 aliphatic heterocycles. The fourth-order valence-electron chi connectivity index (χ4n) is 3.09. The van der Waals surface area contributed by atoms with Crippen molar-refractivity contribution >= 4 is 39.3 Å². The molecular weight excluding hydrogens is 396 g/mol. The first-order valence-electron chi connectivity index (χ1n) is 9.30. The summed E-state index contributed by atoms with van der Waals surface area (Å²) in [6, 6.07) is 15.5. The Labute approximate surface area is 171 Å². The lowest BCUT2D eigenvalue weighted by Crippen LogP contribution is -2.31. The van der Waals surface area contributed by atoms with Crippen LogP contribution in [0.1, 0.15) is 31.2 Å². The van der Waals surface area contributed by atoms with Crippen LogP contribution in [0.3, 0.4) is 0 Å². The van der Waals surface area contributed by atoms with Crippen LogP contribution < -0.4 is 5.32 Å². The Bertz CT molecular complexity index is 933. The van der Waals surface area contributed by atoms with Crippen LogP contribution in [-0.2, 0) is 14.8 Å². The van der Waals surface area contributed by atoms with Gasteiger partial charge in [0.15, 0.2) is 0 Å². The second-order valence-corrected chi connectivity index (χ2v) is 9.04. The molecule has 0 radical (unpaired) electrons. The molecule has 1 fully saturated rings. The van der Waals surface area contributed by atoms with Crippen LogP contribution in [0.15, 0.2) is 64.5 Å². The number of hydrogen-bond acceptors (Lipinski definition) is 3. The van der Waals surface area contributed by atoms with E-state index in [-0.39, 0.29) is 9.93 Å². The lowest BCUT2D eigenvalue weighted by Gasteiger charge is -2.20. The average Bonchev–Trinajstić information content (AvgIpc) is 2.99. The molecule has 1 N–H and O–H groups in total. The highest BCUT2D eigenvalue weighted by atomic mass is 35.5. The zero-order valence-corrected chi connectivity index (χ0v) is 17.0. The van der Waals surface area contributed by atoms with Gasteiger partial charge in [0.05, 0.1) is 4.90 Å². The number of hydrogen-bond donors (Lipinski definition) is 1. The predicted octanol–water partition coefficient (Wildman–Crippen LogP) is 4.47. The minimum Gasteiger partial charge on any atom is -0.321 e. The molecule has 148 valence electrons. The Morgan fingerprint density at radius 1 is 0.929 bits per heavy atom. The molecule has 0 saturated carbocycles. The third-order valence-corrected chi connectivity index (χ3v) is 6.82. The normalized spacial score (nSPS) is 16.4. The standard InChI is InChI=1S/C21H23ClN2O3S/c22-20(16-17-8-4-3-5-9-17)21(25)23-18-10-12-19(13-11-18)28(26,27)24-14-6-1-2-7-15-24/h3-5,8-13,16H,1-2,6-7,14-15H2,(H,23,25)/b20-16-. The van der Waals surface area contributed by atoms with Crippen LogP contribution in [0.2, 0.25) is 0 Å². The van der Waals surface area contributed by atoms with E-state index in [1.54, 1.807) is 22.5 Å². The molecule has 2 aromatic rings. The monoisotopic (exact) mass is 418 g/mol. The van der Waals surface area contributed by atoms with E-state index >= 15 is 0 Å². The number of halogens is 1. The number of anilines is 1. The van der Waals surface area contributed by atoms with Gasteiger partial charge in [-0.15, -0.1) is 0 Å². The molecule has 0 bridgehead atoms. The van der Waals surface area contributed by atoms with Crippen molar-refractivity contribution in [3.8, 4) is 0 Å². The van der Waals surface area contributed by atoms with Crippen LogP contribution in [0.25, 0.3) is 6.08 Å². The van der Waals surface area contributed by atoms with Crippen molar-refractivity contribution < 1.29 is 13.2 Å². The zero-order valence-electron chi connectivity index (χ0n) is 15.5. The lowest BCUT2D eigenvalue weighted by molar-refractivity contribution is -0.112. The van der Waals surface area contributed by atoms with Crippen LogP contribution in [0.4, 0.5) is 5.69 Å². The molecule has 0 atom stereocenters. The second-order valence-electron chi connectivity index (χ2n) is 6.70. The van der Waals surface area contributed by atoms with E-state index in [4.69, 9.17) is 11.6 Å². The van der Waals surface area contributed by atoms with Crippen LogP contribution in [0.5, 0.6) is 0 Å². The number of carbonyl (C=O) groups excluding carboxylic acids is 1. The van der Waals surface area contributed by atoms with Crippen LogP contribution >= 0.6 is 11.6 Å². The van der Waals surface area contributed by atoms with E-state index < -0.39 is 15.9 Å². The SMILES string of the molecule is O=C(Nc1ccc(S(=O)(=O)N2CCCCCC2)cc1)/C(Cl)=C/c1ccccc1. The highest BCUT2D eigenvalue weighted by Gasteiger charge is 2.25. The average molecular weight is 419 g/mol. The summed E-state index contributed by atoms with van der Waals surface area (Å²) >= 11 is 6.08. The molecule has 5 nitrogen and oxygen atoms in total. The Kier molecular flexibility index (Phi) is 6.88. The quantitative estimate of drug-likeness (QED) is 0.728. The molecule has 1 amide bonds. The fourth-order valence-corrected chi connectivity index (χ4v) is 4.78. The van der Waals surface area contributed by atoms with Crippen LogP contribution in [0, 0.1) is 0 Å². The lowest BCUT2D eigenvalue weighted by atomic mass is 10.2. The number of nitrogens with one attached hydrogen (secondary N) is 1. The fraction of sp³-hybridized carbons (Fsp3) is 0.286. The van der Waals surface area contributed by atoms with Gasteiger partial charge in [-0.2, -0.15) is 4.31 Å². The second kappa shape index (κ2) is 9.37. The van der Waals surface area contributed by atoms with Crippen molar-refractivity contribution in [1.29, 1.82) is 0 Å². The number of benzene rings is 2. The number of rotatable bonds is 5. The Balaban J connectivity index is 1.68. The first-order chi connectivity index (χ1) is 13.5. The summed E-state index contributed by atoms with van der Waals surface area (Å²) in [4.78, 5) is 12.5. The summed E-state index contributed by atoms with van der Waals surface area (Å²) in [5, 5.41) is 2.73. The van der Waals surface area contributed by atoms with Crippen molar-refractivity contribution in [3.63, 3.8) is 0 Å². The first-order valence-corrected chi connectivity index (χ1v) is 11.1. The highest BCUT2D eigenvalue weighted by Crippen LogP contribution is 2.22. The Morgan fingerprint density at radius 2 is 1.54 bits per heavy atom. The molecule has 28 heavy (non-hydrogen) atoms. The number of amides is 1. The maximum absolute atomic E-state index is 12.8. The van der Waals surface area contributed by atoms with Crippen molar-refractivity contribution in [2.45, 2.75) is 30.6 Å². The highest BCUT2D eigenvalue weighted by molar-refractivity contribution is 7.89. The van der Waals surface area contributed by atoms with E-state index in [2.05, 4.69) is 5.32 Å². The summed E-state index contributed by atoms with van der Waals surface area (Å²) in [6.45, 7) is 1.11. The summed E-state index contributed by atoms with van der Waals surface area (Å²) in [7, 11) is -3.50. The van der Waals surface area contributed by atoms with E-state index in [9.17, 15) is 13.2 Å². The van der Waals surface area contributed by atoms with Gasteiger partial charge in [0.1, 0.15) is 5.03 Å². The van der Waals surface area contributed by atoms with Crippen molar-refractivity contribution in [3.05, 3.63) is 65.2 Å². The molecule has 0 aromatic heterocycles. The van der Waals surface area contributed by atoms with Gasteiger partial charge in [-0.05, 0) is 48.7 Å². The molecule has 0 unspecified atom stereocenters. The molecule has 1 heterocycles. The topological polar surface area (TPSA) is 66.5 Å². The third kappa shape index (κ3) is 5.22. The van der Waals surface area contributed by atoms with Gasteiger partial charge in [0, 0.05) is 18.8 Å². The van der Waals surface area contributed by atoms with Gasteiger partial charge in [0.25, 0.3) is 5.91 Å². The first kappa shape index (κ1) is 20.6. The molecule has 1 aliphatic rings. The zero-order chi connectivity index (χ0) is 20.0. The van der Waals surface area contributed by atoms with Gasteiger partial charge in [0.2, 0.25) is 10.0 Å². The molecule has 0 spiro atoms. The van der Waals surface area contributed by atoms with Crippen molar-refractivity contribution in [2.24, 2.45) is 0 Å². The molecule has 2 aromatic carbocycles.